The number of nitro groups is 1. The van der Waals surface area contributed by atoms with Gasteiger partial charge in [-0.3, -0.25) is 14.9 Å². The number of para-hydroxylation sites is 2. The van der Waals surface area contributed by atoms with Gasteiger partial charge in [0.15, 0.2) is 0 Å². The number of benzene rings is 2. The van der Waals surface area contributed by atoms with Crippen LogP contribution in [-0.2, 0) is 0 Å². The van der Waals surface area contributed by atoms with Crippen molar-refractivity contribution in [3.8, 4) is 0 Å². The fraction of sp³-hybridized carbons (Fsp3) is 0.176. The zero-order valence-corrected chi connectivity index (χ0v) is 13.2. The standard InChI is InChI=1S/C17H16N4O3/c1-10-9-12(7-8-15(10)21(23)24)17(22)18-11(2)16-19-13-5-3-4-6-14(13)20-16/h3-9,11H,1-2H3,(H,18,22)(H,19,20)/t11-/m1/s1. The van der Waals surface area contributed by atoms with Gasteiger partial charge in [0.25, 0.3) is 11.6 Å². The summed E-state index contributed by atoms with van der Waals surface area (Å²) in [6.07, 6.45) is 0. The van der Waals surface area contributed by atoms with Crippen molar-refractivity contribution in [2.45, 2.75) is 19.9 Å². The Kier molecular flexibility index (Phi) is 3.99. The maximum absolute atomic E-state index is 12.4. The van der Waals surface area contributed by atoms with Crippen LogP contribution in [-0.4, -0.2) is 20.8 Å². The topological polar surface area (TPSA) is 101 Å². The molecule has 7 nitrogen and oxygen atoms in total. The van der Waals surface area contributed by atoms with Crippen molar-refractivity contribution in [3.05, 3.63) is 69.5 Å². The van der Waals surface area contributed by atoms with Gasteiger partial charge in [-0.1, -0.05) is 12.1 Å². The number of carbonyl (C=O) groups is 1. The number of imidazole rings is 1. The molecule has 0 saturated heterocycles. The molecular weight excluding hydrogens is 308 g/mol. The fourth-order valence-corrected chi connectivity index (χ4v) is 2.53. The number of H-pyrrole nitrogens is 1. The highest BCUT2D eigenvalue weighted by atomic mass is 16.6. The van der Waals surface area contributed by atoms with E-state index >= 15 is 0 Å². The zero-order chi connectivity index (χ0) is 17.3. The van der Waals surface area contributed by atoms with Crippen LogP contribution >= 0.6 is 0 Å². The summed E-state index contributed by atoms with van der Waals surface area (Å²) in [6, 6.07) is 11.6. The molecule has 1 amide bonds. The monoisotopic (exact) mass is 324 g/mol. The summed E-state index contributed by atoms with van der Waals surface area (Å²) in [5, 5.41) is 13.7. The van der Waals surface area contributed by atoms with Crippen molar-refractivity contribution in [1.29, 1.82) is 0 Å². The van der Waals surface area contributed by atoms with Crippen molar-refractivity contribution in [2.24, 2.45) is 0 Å². The van der Waals surface area contributed by atoms with Gasteiger partial charge in [0, 0.05) is 17.2 Å². The molecule has 0 fully saturated rings. The van der Waals surface area contributed by atoms with Gasteiger partial charge in [0.1, 0.15) is 5.82 Å². The van der Waals surface area contributed by atoms with E-state index in [2.05, 4.69) is 15.3 Å². The number of hydrogen-bond acceptors (Lipinski definition) is 4. The molecule has 0 aliphatic heterocycles. The molecular formula is C17H16N4O3. The van der Waals surface area contributed by atoms with Gasteiger partial charge < -0.3 is 10.3 Å². The molecule has 0 bridgehead atoms. The Morgan fingerprint density at radius 1 is 1.29 bits per heavy atom. The minimum atomic E-state index is -0.464. The average Bonchev–Trinajstić information content (AvgIpc) is 2.98. The molecule has 0 aliphatic rings. The summed E-state index contributed by atoms with van der Waals surface area (Å²) >= 11 is 0. The van der Waals surface area contributed by atoms with E-state index in [9.17, 15) is 14.9 Å². The molecule has 3 aromatic rings. The van der Waals surface area contributed by atoms with Gasteiger partial charge >= 0.3 is 0 Å². The van der Waals surface area contributed by atoms with Crippen LogP contribution in [0.3, 0.4) is 0 Å². The van der Waals surface area contributed by atoms with Gasteiger partial charge in [-0.2, -0.15) is 0 Å². The second-order valence-electron chi connectivity index (χ2n) is 5.59. The molecule has 1 heterocycles. The van der Waals surface area contributed by atoms with Crippen molar-refractivity contribution >= 4 is 22.6 Å². The predicted octanol–water partition coefficient (Wildman–Crippen LogP) is 3.27. The molecule has 122 valence electrons. The summed E-state index contributed by atoms with van der Waals surface area (Å²) < 4.78 is 0. The highest BCUT2D eigenvalue weighted by Crippen LogP contribution is 2.20. The lowest BCUT2D eigenvalue weighted by Crippen LogP contribution is -2.27. The number of nitrogens with zero attached hydrogens (tertiary/aromatic N) is 2. The lowest BCUT2D eigenvalue weighted by molar-refractivity contribution is -0.385. The number of aryl methyl sites for hydroxylation is 1. The number of fused-ring (bicyclic) bond motifs is 1. The first-order valence-electron chi connectivity index (χ1n) is 7.46. The number of nitro benzene ring substituents is 1. The zero-order valence-electron chi connectivity index (χ0n) is 13.2. The maximum atomic E-state index is 12.4. The Morgan fingerprint density at radius 2 is 2.04 bits per heavy atom. The van der Waals surface area contributed by atoms with Gasteiger partial charge in [-0.05, 0) is 38.1 Å². The molecule has 1 aromatic heterocycles. The Bertz CT molecular complexity index is 899. The van der Waals surface area contributed by atoms with Gasteiger partial charge in [-0.25, -0.2) is 4.98 Å². The smallest absolute Gasteiger partial charge is 0.272 e. The van der Waals surface area contributed by atoms with Crippen LogP contribution in [0.25, 0.3) is 11.0 Å². The molecule has 0 aliphatic carbocycles. The highest BCUT2D eigenvalue weighted by Gasteiger charge is 2.17. The van der Waals surface area contributed by atoms with Crippen LogP contribution in [0.5, 0.6) is 0 Å². The van der Waals surface area contributed by atoms with E-state index in [-0.39, 0.29) is 17.6 Å². The van der Waals surface area contributed by atoms with E-state index in [1.165, 1.54) is 18.2 Å². The Hall–Kier alpha value is -3.22. The summed E-state index contributed by atoms with van der Waals surface area (Å²) in [6.45, 7) is 3.44. The van der Waals surface area contributed by atoms with Crippen LogP contribution in [0.1, 0.15) is 34.7 Å². The number of nitrogens with one attached hydrogen (secondary N) is 2. The van der Waals surface area contributed by atoms with E-state index < -0.39 is 4.92 Å². The van der Waals surface area contributed by atoms with E-state index in [1.54, 1.807) is 6.92 Å². The third-order valence-electron chi connectivity index (χ3n) is 3.82. The first kappa shape index (κ1) is 15.7. The van der Waals surface area contributed by atoms with Crippen molar-refractivity contribution in [2.75, 3.05) is 0 Å². The predicted molar refractivity (Wildman–Crippen MR) is 89.8 cm³/mol. The highest BCUT2D eigenvalue weighted by molar-refractivity contribution is 5.95. The molecule has 0 unspecified atom stereocenters. The molecule has 0 spiro atoms. The Balaban J connectivity index is 1.78. The van der Waals surface area contributed by atoms with Gasteiger partial charge in [0.05, 0.1) is 22.0 Å². The molecule has 0 radical (unpaired) electrons. The first-order chi connectivity index (χ1) is 11.5. The van der Waals surface area contributed by atoms with Crippen LogP contribution in [0.15, 0.2) is 42.5 Å². The van der Waals surface area contributed by atoms with Crippen molar-refractivity contribution in [1.82, 2.24) is 15.3 Å². The lowest BCUT2D eigenvalue weighted by Gasteiger charge is -2.11. The largest absolute Gasteiger partial charge is 0.342 e. The van der Waals surface area contributed by atoms with E-state index in [0.717, 1.165) is 11.0 Å². The summed E-state index contributed by atoms with van der Waals surface area (Å²) in [4.78, 5) is 30.4. The molecule has 3 rings (SSSR count). The summed E-state index contributed by atoms with van der Waals surface area (Å²) in [7, 11) is 0. The Labute approximate surface area is 137 Å². The number of hydrogen-bond donors (Lipinski definition) is 2. The summed E-state index contributed by atoms with van der Waals surface area (Å²) in [5.41, 5.74) is 2.56. The molecule has 24 heavy (non-hydrogen) atoms. The average molecular weight is 324 g/mol. The molecule has 2 aromatic carbocycles. The van der Waals surface area contributed by atoms with Crippen LogP contribution in [0.4, 0.5) is 5.69 Å². The second kappa shape index (κ2) is 6.11. The van der Waals surface area contributed by atoms with Crippen LogP contribution in [0, 0.1) is 17.0 Å². The van der Waals surface area contributed by atoms with Crippen molar-refractivity contribution in [3.63, 3.8) is 0 Å². The minimum Gasteiger partial charge on any atom is -0.342 e. The lowest BCUT2D eigenvalue weighted by atomic mass is 10.1. The number of carbonyl (C=O) groups excluding carboxylic acids is 1. The van der Waals surface area contributed by atoms with Crippen LogP contribution in [0.2, 0.25) is 0 Å². The van der Waals surface area contributed by atoms with Crippen molar-refractivity contribution < 1.29 is 9.72 Å². The number of aromatic amines is 1. The number of amides is 1. The first-order valence-corrected chi connectivity index (χ1v) is 7.46. The quantitative estimate of drug-likeness (QED) is 0.568. The van der Waals surface area contributed by atoms with E-state index in [1.807, 2.05) is 31.2 Å². The number of aromatic nitrogens is 2. The maximum Gasteiger partial charge on any atom is 0.272 e. The summed E-state index contributed by atoms with van der Waals surface area (Å²) in [5.74, 6) is 0.351. The third-order valence-corrected chi connectivity index (χ3v) is 3.82. The second-order valence-corrected chi connectivity index (χ2v) is 5.59. The van der Waals surface area contributed by atoms with Crippen LogP contribution < -0.4 is 5.32 Å². The normalized spacial score (nSPS) is 12.1. The van der Waals surface area contributed by atoms with Gasteiger partial charge in [0.2, 0.25) is 0 Å². The SMILES string of the molecule is Cc1cc(C(=O)N[C@H](C)c2nc3ccccc3[nH]2)ccc1[N+](=O)[O-]. The molecule has 7 heteroatoms. The molecule has 1 atom stereocenters. The number of rotatable bonds is 4. The van der Waals surface area contributed by atoms with E-state index in [0.29, 0.717) is 17.0 Å². The molecule has 2 N–H and O–H groups in total. The van der Waals surface area contributed by atoms with Gasteiger partial charge in [-0.15, -0.1) is 0 Å². The third kappa shape index (κ3) is 2.96. The Morgan fingerprint density at radius 3 is 2.71 bits per heavy atom. The van der Waals surface area contributed by atoms with E-state index in [4.69, 9.17) is 0 Å². The molecule has 0 saturated carbocycles. The fourth-order valence-electron chi connectivity index (χ4n) is 2.53. The minimum absolute atomic E-state index is 0.00289.